The smallest absolute Gasteiger partial charge is 0.407 e. The molecule has 1 aliphatic carbocycles. The Labute approximate surface area is 371 Å². The fourth-order valence-electron chi connectivity index (χ4n) is 8.50. The van der Waals surface area contributed by atoms with E-state index in [1.165, 1.54) is 18.9 Å². The van der Waals surface area contributed by atoms with Crippen LogP contribution in [0.5, 0.6) is 0 Å². The van der Waals surface area contributed by atoms with Crippen LogP contribution in [0.3, 0.4) is 0 Å². The topological polar surface area (TPSA) is 148 Å². The Morgan fingerprint density at radius 3 is 1.54 bits per heavy atom. The lowest BCUT2D eigenvalue weighted by atomic mass is 9.80. The monoisotopic (exact) mass is 871 g/mol. The van der Waals surface area contributed by atoms with Crippen molar-refractivity contribution in [1.82, 2.24) is 15.5 Å². The molecule has 330 valence electrons. The van der Waals surface area contributed by atoms with Gasteiger partial charge in [0, 0.05) is 35.9 Å². The van der Waals surface area contributed by atoms with E-state index in [0.29, 0.717) is 23.1 Å². The lowest BCUT2D eigenvalue weighted by molar-refractivity contribution is -0.158. The number of benzene rings is 5. The van der Waals surface area contributed by atoms with Gasteiger partial charge in [-0.2, -0.15) is 0 Å². The first-order chi connectivity index (χ1) is 30.1. The Balaban J connectivity index is 1.26. The number of carbonyl (C=O) groups excluding carboxylic acids is 4. The number of hydrogen-bond acceptors (Lipinski definition) is 8. The lowest BCUT2D eigenvalue weighted by Gasteiger charge is -2.38. The number of amides is 3. The summed E-state index contributed by atoms with van der Waals surface area (Å²) < 4.78 is 38.9. The van der Waals surface area contributed by atoms with Gasteiger partial charge in [0.05, 0.1) is 5.25 Å². The molecule has 2 N–H and O–H groups in total. The highest BCUT2D eigenvalue weighted by atomic mass is 32.2. The molecule has 1 unspecified atom stereocenters. The molecule has 6 rings (SSSR count). The van der Waals surface area contributed by atoms with E-state index in [1.54, 1.807) is 13.8 Å². The number of fused-ring (bicyclic) bond motifs is 3. The van der Waals surface area contributed by atoms with Crippen molar-refractivity contribution in [3.63, 3.8) is 0 Å². The van der Waals surface area contributed by atoms with E-state index in [-0.39, 0.29) is 18.4 Å². The van der Waals surface area contributed by atoms with Crippen LogP contribution >= 0.6 is 0 Å². The molecule has 0 saturated heterocycles. The molecule has 1 aliphatic rings. The number of esters is 1. The third-order valence-corrected chi connectivity index (χ3v) is 13.9. The molecule has 0 spiro atoms. The van der Waals surface area contributed by atoms with Crippen molar-refractivity contribution in [1.29, 1.82) is 0 Å². The molecular formula is C51H57N3O8S. The number of carbonyl (C=O) groups is 4. The summed E-state index contributed by atoms with van der Waals surface area (Å²) >= 11 is 0. The van der Waals surface area contributed by atoms with E-state index in [0.717, 1.165) is 28.5 Å². The Morgan fingerprint density at radius 1 is 0.667 bits per heavy atom. The number of ether oxygens (including phenoxy) is 2. The van der Waals surface area contributed by atoms with Crippen LogP contribution in [-0.2, 0) is 39.3 Å². The molecule has 0 fully saturated rings. The zero-order valence-corrected chi connectivity index (χ0v) is 37.7. The average Bonchev–Trinajstić information content (AvgIpc) is 3.61. The maximum atomic E-state index is 14.8. The standard InChI is InChI=1S/C51H57N3O8S/c1-8-34(4)44(53-50(58)61-32-43-41-30-20-18-28-39(41)40-29-19-21-31-42(40)43)48(56)54(6)46(33(2)3)47(55)52-45(35(5)63(7,59)60)49(57)62-51(36-22-12-9-13-23-36,37-24-14-10-15-25-37)38-26-16-11-17-27-38/h9-31,33-35,43-46H,8,32H2,1-7H3,(H,52,55)(H,53,58)/t34-,35?,44-,45+,46-/m0/s1. The number of sulfone groups is 1. The Morgan fingerprint density at radius 2 is 1.11 bits per heavy atom. The summed E-state index contributed by atoms with van der Waals surface area (Å²) in [6.07, 6.45) is 0.723. The normalized spacial score (nSPS) is 14.9. The molecular weight excluding hydrogens is 815 g/mol. The van der Waals surface area contributed by atoms with Gasteiger partial charge in [0.25, 0.3) is 0 Å². The maximum Gasteiger partial charge on any atom is 0.407 e. The SMILES string of the molecule is CC[C@H](C)[C@H](NC(=O)OCC1c2ccccc2-c2ccccc21)C(=O)N(C)[C@H](C(=O)N[C@@H](C(=O)OC(c1ccccc1)(c1ccccc1)c1ccccc1)C(C)S(C)(=O)=O)C(C)C. The molecule has 3 amide bonds. The minimum atomic E-state index is -3.97. The molecule has 5 aromatic carbocycles. The van der Waals surface area contributed by atoms with Crippen LogP contribution < -0.4 is 10.6 Å². The molecule has 0 aromatic heterocycles. The first-order valence-corrected chi connectivity index (χ1v) is 23.3. The zero-order valence-electron chi connectivity index (χ0n) is 36.9. The summed E-state index contributed by atoms with van der Waals surface area (Å²) in [7, 11) is -2.51. The van der Waals surface area contributed by atoms with Gasteiger partial charge in [-0.25, -0.2) is 18.0 Å². The van der Waals surface area contributed by atoms with Gasteiger partial charge >= 0.3 is 12.1 Å². The summed E-state index contributed by atoms with van der Waals surface area (Å²) in [5.41, 5.74) is 4.49. The summed E-state index contributed by atoms with van der Waals surface area (Å²) in [5, 5.41) is 4.06. The predicted octanol–water partition coefficient (Wildman–Crippen LogP) is 7.88. The van der Waals surface area contributed by atoms with Crippen LogP contribution in [0.25, 0.3) is 11.1 Å². The van der Waals surface area contributed by atoms with E-state index in [4.69, 9.17) is 9.47 Å². The average molecular weight is 872 g/mol. The van der Waals surface area contributed by atoms with Crippen LogP contribution in [0.15, 0.2) is 140 Å². The van der Waals surface area contributed by atoms with E-state index in [1.807, 2.05) is 153 Å². The molecule has 5 aromatic rings. The van der Waals surface area contributed by atoms with Gasteiger partial charge in [-0.3, -0.25) is 9.59 Å². The summed E-state index contributed by atoms with van der Waals surface area (Å²) in [6, 6.07) is 39.3. The van der Waals surface area contributed by atoms with Crippen molar-refractivity contribution in [3.8, 4) is 11.1 Å². The van der Waals surface area contributed by atoms with E-state index in [2.05, 4.69) is 10.6 Å². The molecule has 0 aliphatic heterocycles. The van der Waals surface area contributed by atoms with Gasteiger partial charge in [-0.05, 0) is 41.0 Å². The summed E-state index contributed by atoms with van der Waals surface area (Å²) in [5.74, 6) is -3.40. The molecule has 0 heterocycles. The van der Waals surface area contributed by atoms with Crippen LogP contribution in [0.2, 0.25) is 0 Å². The van der Waals surface area contributed by atoms with Gasteiger partial charge in [0.1, 0.15) is 24.7 Å². The molecule has 0 bridgehead atoms. The second-order valence-electron chi connectivity index (χ2n) is 16.7. The third kappa shape index (κ3) is 9.86. The van der Waals surface area contributed by atoms with Gasteiger partial charge < -0.3 is 25.0 Å². The number of hydrogen-bond donors (Lipinski definition) is 2. The minimum absolute atomic E-state index is 0.0459. The highest BCUT2D eigenvalue weighted by Gasteiger charge is 2.46. The maximum absolute atomic E-state index is 14.8. The van der Waals surface area contributed by atoms with Crippen molar-refractivity contribution < 1.29 is 37.1 Å². The number of alkyl carbamates (subject to hydrolysis) is 1. The van der Waals surface area contributed by atoms with Crippen molar-refractivity contribution in [2.45, 2.75) is 75.9 Å². The van der Waals surface area contributed by atoms with Crippen LogP contribution in [0.1, 0.15) is 74.8 Å². The zero-order chi connectivity index (χ0) is 45.5. The van der Waals surface area contributed by atoms with Crippen LogP contribution in [0.4, 0.5) is 4.79 Å². The largest absolute Gasteiger partial charge is 0.449 e. The molecule has 11 nitrogen and oxygen atoms in total. The Bertz CT molecular complexity index is 2360. The van der Waals surface area contributed by atoms with Gasteiger partial charge in [0.15, 0.2) is 15.4 Å². The number of nitrogens with one attached hydrogen (secondary N) is 2. The Kier molecular flexibility index (Phi) is 14.6. The molecule has 12 heteroatoms. The Hall–Kier alpha value is -6.27. The lowest BCUT2D eigenvalue weighted by Crippen LogP contribution is -2.61. The first-order valence-electron chi connectivity index (χ1n) is 21.4. The molecule has 63 heavy (non-hydrogen) atoms. The number of nitrogens with zero attached hydrogens (tertiary/aromatic N) is 1. The van der Waals surface area contributed by atoms with E-state index >= 15 is 0 Å². The van der Waals surface area contributed by atoms with Gasteiger partial charge in [-0.15, -0.1) is 0 Å². The van der Waals surface area contributed by atoms with Crippen molar-refractivity contribution in [2.75, 3.05) is 19.9 Å². The van der Waals surface area contributed by atoms with E-state index < -0.39 is 68.6 Å². The predicted molar refractivity (Wildman–Crippen MR) is 244 cm³/mol. The second kappa shape index (κ2) is 19.8. The summed E-state index contributed by atoms with van der Waals surface area (Å²) in [4.78, 5) is 58.6. The minimum Gasteiger partial charge on any atom is -0.449 e. The van der Waals surface area contributed by atoms with Crippen LogP contribution in [0, 0.1) is 11.8 Å². The first kappa shape index (κ1) is 46.2. The summed E-state index contributed by atoms with van der Waals surface area (Å²) in [6.45, 7) is 8.58. The molecule has 0 saturated carbocycles. The highest BCUT2D eigenvalue weighted by molar-refractivity contribution is 7.91. The third-order valence-electron chi connectivity index (χ3n) is 12.3. The van der Waals surface area contributed by atoms with Gasteiger partial charge in [0.2, 0.25) is 11.8 Å². The van der Waals surface area contributed by atoms with Crippen molar-refractivity contribution >= 4 is 33.7 Å². The van der Waals surface area contributed by atoms with Crippen molar-refractivity contribution in [2.24, 2.45) is 11.8 Å². The number of rotatable bonds is 17. The van der Waals surface area contributed by atoms with E-state index in [9.17, 15) is 27.6 Å². The fourth-order valence-corrected chi connectivity index (χ4v) is 9.17. The molecule has 5 atom stereocenters. The van der Waals surface area contributed by atoms with Crippen LogP contribution in [-0.4, -0.2) is 80.5 Å². The van der Waals surface area contributed by atoms with Gasteiger partial charge in [-0.1, -0.05) is 174 Å². The molecule has 0 radical (unpaired) electrons. The quantitative estimate of drug-likeness (QED) is 0.0709. The second-order valence-corrected chi connectivity index (χ2v) is 19.1. The highest BCUT2D eigenvalue weighted by Crippen LogP contribution is 2.45. The fraction of sp³-hybridized carbons (Fsp3) is 0.333. The van der Waals surface area contributed by atoms with Crippen molar-refractivity contribution in [3.05, 3.63) is 167 Å². The number of likely N-dealkylation sites (N-methyl/N-ethyl adjacent to an activating group) is 1.